The minimum Gasteiger partial charge on any atom is -0.207 e. The predicted octanol–water partition coefficient (Wildman–Crippen LogP) is 3.76. The van der Waals surface area contributed by atoms with Crippen LogP contribution >= 0.6 is 15.9 Å². The van der Waals surface area contributed by atoms with E-state index in [0.717, 1.165) is 11.6 Å². The van der Waals surface area contributed by atoms with Gasteiger partial charge in [-0.3, -0.25) is 0 Å². The quantitative estimate of drug-likeness (QED) is 0.698. The highest BCUT2D eigenvalue weighted by atomic mass is 79.9. The molecule has 13 heavy (non-hydrogen) atoms. The zero-order valence-electron chi connectivity index (χ0n) is 7.15. The second-order valence-corrected chi connectivity index (χ2v) is 3.39. The minimum absolute atomic E-state index is 0.548. The molecule has 70 valence electrons. The highest BCUT2D eigenvalue weighted by molar-refractivity contribution is 9.09. The first-order valence-electron chi connectivity index (χ1n) is 3.81. The maximum Gasteiger partial charge on any atom is 0.126 e. The molecule has 0 spiro atoms. The molecule has 0 aliphatic rings. The highest BCUT2D eigenvalue weighted by Crippen LogP contribution is 2.12. The molecule has 0 aliphatic heterocycles. The molecule has 0 unspecified atom stereocenters. The first kappa shape index (κ1) is 10.4. The van der Waals surface area contributed by atoms with Crippen LogP contribution in [0.25, 0.3) is 6.08 Å². The van der Waals surface area contributed by atoms with Crippen LogP contribution in [0, 0.1) is 11.6 Å². The minimum atomic E-state index is -0.548. The van der Waals surface area contributed by atoms with Crippen molar-refractivity contribution in [3.63, 3.8) is 0 Å². The SMILES string of the molecule is C/C(=C/c1cc(F)cc(F)c1)CBr. The number of allylic oxidation sites excluding steroid dienone is 1. The Morgan fingerprint density at radius 2 is 1.85 bits per heavy atom. The van der Waals surface area contributed by atoms with E-state index in [1.54, 1.807) is 6.08 Å². The van der Waals surface area contributed by atoms with E-state index in [-0.39, 0.29) is 0 Å². The summed E-state index contributed by atoms with van der Waals surface area (Å²) >= 11 is 3.25. The van der Waals surface area contributed by atoms with Gasteiger partial charge in [0.25, 0.3) is 0 Å². The molecule has 0 radical (unpaired) electrons. The van der Waals surface area contributed by atoms with E-state index >= 15 is 0 Å². The lowest BCUT2D eigenvalue weighted by molar-refractivity contribution is 0.583. The average Bonchev–Trinajstić information content (AvgIpc) is 2.02. The molecule has 0 N–H and O–H groups in total. The molecule has 1 aromatic rings. The zero-order valence-corrected chi connectivity index (χ0v) is 8.74. The Balaban J connectivity index is 3.02. The fraction of sp³-hybridized carbons (Fsp3) is 0.200. The van der Waals surface area contributed by atoms with E-state index in [0.29, 0.717) is 10.9 Å². The van der Waals surface area contributed by atoms with E-state index in [2.05, 4.69) is 15.9 Å². The molecule has 0 amide bonds. The molecule has 0 atom stereocenters. The molecule has 0 nitrogen and oxygen atoms in total. The topological polar surface area (TPSA) is 0 Å². The van der Waals surface area contributed by atoms with Crippen LogP contribution in [0.2, 0.25) is 0 Å². The molecular formula is C10H9BrF2. The van der Waals surface area contributed by atoms with E-state index in [9.17, 15) is 8.78 Å². The van der Waals surface area contributed by atoms with Gasteiger partial charge in [0.1, 0.15) is 11.6 Å². The first-order chi connectivity index (χ1) is 6.11. The van der Waals surface area contributed by atoms with Crippen molar-refractivity contribution < 1.29 is 8.78 Å². The molecule has 0 aromatic heterocycles. The number of halogens is 3. The van der Waals surface area contributed by atoms with Crippen LogP contribution in [-0.4, -0.2) is 5.33 Å². The molecule has 1 rings (SSSR count). The summed E-state index contributed by atoms with van der Waals surface area (Å²) in [5, 5.41) is 0.700. The second-order valence-electron chi connectivity index (χ2n) is 2.83. The van der Waals surface area contributed by atoms with Crippen LogP contribution in [0.15, 0.2) is 23.8 Å². The molecule has 0 saturated carbocycles. The smallest absolute Gasteiger partial charge is 0.126 e. The molecule has 0 fully saturated rings. The Kier molecular flexibility index (Phi) is 3.60. The summed E-state index contributed by atoms with van der Waals surface area (Å²) in [6.07, 6.45) is 1.74. The van der Waals surface area contributed by atoms with Crippen molar-refractivity contribution in [2.45, 2.75) is 6.92 Å². The summed E-state index contributed by atoms with van der Waals surface area (Å²) < 4.78 is 25.4. The lowest BCUT2D eigenvalue weighted by Gasteiger charge is -1.97. The van der Waals surface area contributed by atoms with Crippen LogP contribution in [0.4, 0.5) is 8.78 Å². The summed E-state index contributed by atoms with van der Waals surface area (Å²) in [5.41, 5.74) is 1.57. The van der Waals surface area contributed by atoms with E-state index in [1.165, 1.54) is 12.1 Å². The third-order valence-electron chi connectivity index (χ3n) is 1.51. The van der Waals surface area contributed by atoms with Crippen LogP contribution in [0.5, 0.6) is 0 Å². The summed E-state index contributed by atoms with van der Waals surface area (Å²) in [7, 11) is 0. The van der Waals surface area contributed by atoms with Crippen LogP contribution in [0.1, 0.15) is 12.5 Å². The molecule has 0 bridgehead atoms. The van der Waals surface area contributed by atoms with Crippen molar-refractivity contribution in [3.8, 4) is 0 Å². The molecule has 1 aromatic carbocycles. The first-order valence-corrected chi connectivity index (χ1v) is 4.93. The predicted molar refractivity (Wildman–Crippen MR) is 53.8 cm³/mol. The van der Waals surface area contributed by atoms with Crippen molar-refractivity contribution in [2.24, 2.45) is 0 Å². The van der Waals surface area contributed by atoms with Gasteiger partial charge in [-0.2, -0.15) is 0 Å². The maximum atomic E-state index is 12.7. The molecule has 3 heteroatoms. The van der Waals surface area contributed by atoms with Crippen LogP contribution in [-0.2, 0) is 0 Å². The fourth-order valence-electron chi connectivity index (χ4n) is 0.982. The van der Waals surface area contributed by atoms with E-state index in [4.69, 9.17) is 0 Å². The van der Waals surface area contributed by atoms with Gasteiger partial charge in [0, 0.05) is 11.4 Å². The fourth-order valence-corrected chi connectivity index (χ4v) is 1.14. The number of rotatable bonds is 2. The van der Waals surface area contributed by atoms with Gasteiger partial charge < -0.3 is 0 Å². The third kappa shape index (κ3) is 3.27. The molecular weight excluding hydrogens is 238 g/mol. The Bertz CT molecular complexity index is 311. The lowest BCUT2D eigenvalue weighted by atomic mass is 10.1. The number of hydrogen-bond donors (Lipinski definition) is 0. The Morgan fingerprint density at radius 1 is 1.31 bits per heavy atom. The number of alkyl halides is 1. The molecule has 0 aliphatic carbocycles. The lowest BCUT2D eigenvalue weighted by Crippen LogP contribution is -1.83. The van der Waals surface area contributed by atoms with Crippen molar-refractivity contribution in [1.82, 2.24) is 0 Å². The van der Waals surface area contributed by atoms with Gasteiger partial charge in [0.05, 0.1) is 0 Å². The average molecular weight is 247 g/mol. The van der Waals surface area contributed by atoms with Gasteiger partial charge in [0.15, 0.2) is 0 Å². The van der Waals surface area contributed by atoms with Crippen LogP contribution in [0.3, 0.4) is 0 Å². The van der Waals surface area contributed by atoms with Gasteiger partial charge in [-0.15, -0.1) is 0 Å². The Hall–Kier alpha value is -0.700. The standard InChI is InChI=1S/C10H9BrF2/c1-7(6-11)2-8-3-9(12)5-10(13)4-8/h2-5H,6H2,1H3/b7-2-. The summed E-state index contributed by atoms with van der Waals surface area (Å²) in [6.45, 7) is 1.89. The van der Waals surface area contributed by atoms with Gasteiger partial charge in [0.2, 0.25) is 0 Å². The van der Waals surface area contributed by atoms with Gasteiger partial charge in [-0.05, 0) is 24.6 Å². The summed E-state index contributed by atoms with van der Waals surface area (Å²) in [5.74, 6) is -1.10. The van der Waals surface area contributed by atoms with Crippen molar-refractivity contribution in [2.75, 3.05) is 5.33 Å². The number of benzene rings is 1. The highest BCUT2D eigenvalue weighted by Gasteiger charge is 1.98. The zero-order chi connectivity index (χ0) is 9.84. The van der Waals surface area contributed by atoms with Crippen molar-refractivity contribution >= 4 is 22.0 Å². The van der Waals surface area contributed by atoms with E-state index < -0.39 is 11.6 Å². The Morgan fingerprint density at radius 3 is 2.31 bits per heavy atom. The molecule has 0 saturated heterocycles. The third-order valence-corrected chi connectivity index (χ3v) is 2.39. The van der Waals surface area contributed by atoms with Crippen LogP contribution < -0.4 is 0 Å². The summed E-state index contributed by atoms with van der Waals surface area (Å²) in [6, 6.07) is 3.46. The van der Waals surface area contributed by atoms with Gasteiger partial charge >= 0.3 is 0 Å². The van der Waals surface area contributed by atoms with E-state index in [1.807, 2.05) is 6.92 Å². The maximum absolute atomic E-state index is 12.7. The summed E-state index contributed by atoms with van der Waals surface area (Å²) in [4.78, 5) is 0. The van der Waals surface area contributed by atoms with Gasteiger partial charge in [-0.25, -0.2) is 8.78 Å². The second kappa shape index (κ2) is 4.51. The normalized spacial score (nSPS) is 11.8. The van der Waals surface area contributed by atoms with Crippen molar-refractivity contribution in [3.05, 3.63) is 41.0 Å². The molecule has 0 heterocycles. The Labute approximate surface area is 84.4 Å². The number of hydrogen-bond acceptors (Lipinski definition) is 0. The van der Waals surface area contributed by atoms with Crippen molar-refractivity contribution in [1.29, 1.82) is 0 Å². The monoisotopic (exact) mass is 246 g/mol. The van der Waals surface area contributed by atoms with Gasteiger partial charge in [-0.1, -0.05) is 27.6 Å². The largest absolute Gasteiger partial charge is 0.207 e.